The van der Waals surface area contributed by atoms with Gasteiger partial charge in [-0.1, -0.05) is 39.2 Å². The molecule has 0 rings (SSSR count). The van der Waals surface area contributed by atoms with Gasteiger partial charge in [-0.05, 0) is 28.1 Å². The van der Waals surface area contributed by atoms with Crippen molar-refractivity contribution in [1.29, 1.82) is 0 Å². The molecular formula is C11H27N. The van der Waals surface area contributed by atoms with Crippen LogP contribution in [0.2, 0.25) is 0 Å². The first kappa shape index (κ1) is 17.7. The summed E-state index contributed by atoms with van der Waals surface area (Å²) in [7, 11) is 6.00. The average molecular weight is 173 g/mol. The molecule has 12 heavy (non-hydrogen) atoms. The monoisotopic (exact) mass is 173 g/mol. The summed E-state index contributed by atoms with van der Waals surface area (Å²) in [6.45, 7) is 9.67. The van der Waals surface area contributed by atoms with E-state index < -0.39 is 0 Å². The number of hydrogen-bond donors (Lipinski definition) is 0. The molecule has 1 heteroatoms. The van der Waals surface area contributed by atoms with E-state index in [2.05, 4.69) is 20.4 Å². The highest BCUT2D eigenvalue weighted by atomic mass is 15.0. The minimum atomic E-state index is 1.34. The smallest absolute Gasteiger partial charge is 0.0140 e. The molecule has 0 saturated heterocycles. The molecule has 0 aromatic rings. The third kappa shape index (κ3) is 254. The zero-order valence-electron chi connectivity index (χ0n) is 9.85. The normalized spacial score (nSPS) is 7.58. The van der Waals surface area contributed by atoms with E-state index in [-0.39, 0.29) is 0 Å². The molecule has 0 radical (unpaired) electrons. The lowest BCUT2D eigenvalue weighted by molar-refractivity contribution is 0.505. The number of unbranched alkanes of at least 4 members (excludes halogenated alkanes) is 2. The largest absolute Gasteiger partial charge is 0.312 e. The Morgan fingerprint density at radius 3 is 1.25 bits per heavy atom. The Morgan fingerprint density at radius 2 is 1.25 bits per heavy atom. The zero-order valence-corrected chi connectivity index (χ0v) is 9.85. The van der Waals surface area contributed by atoms with Crippen LogP contribution in [0.1, 0.15) is 40.0 Å². The van der Waals surface area contributed by atoms with Gasteiger partial charge in [0.05, 0.1) is 0 Å². The number of hydrogen-bond acceptors (Lipinski definition) is 1. The highest BCUT2D eigenvalue weighted by molar-refractivity contribution is 4.51. The summed E-state index contributed by atoms with van der Waals surface area (Å²) < 4.78 is 0. The van der Waals surface area contributed by atoms with Crippen LogP contribution < -0.4 is 0 Å². The van der Waals surface area contributed by atoms with E-state index in [1.54, 1.807) is 6.08 Å². The topological polar surface area (TPSA) is 3.24 Å². The van der Waals surface area contributed by atoms with Crippen LogP contribution in [0.5, 0.6) is 0 Å². The summed E-state index contributed by atoms with van der Waals surface area (Å²) in [6.07, 6.45) is 5.83. The third-order valence-corrected chi connectivity index (χ3v) is 0.707. The molecule has 0 spiro atoms. The van der Waals surface area contributed by atoms with Crippen LogP contribution in [0, 0.1) is 0 Å². The Bertz CT molecular complexity index is 53.3. The van der Waals surface area contributed by atoms with Gasteiger partial charge in [0.1, 0.15) is 0 Å². The molecule has 0 aliphatic rings. The summed E-state index contributed by atoms with van der Waals surface area (Å²) >= 11 is 0. The molecule has 0 saturated carbocycles. The van der Waals surface area contributed by atoms with Gasteiger partial charge >= 0.3 is 0 Å². The fraction of sp³-hybridized carbons (Fsp3) is 0.818. The summed E-state index contributed by atoms with van der Waals surface area (Å²) in [5.41, 5.74) is 0. The van der Waals surface area contributed by atoms with Crippen molar-refractivity contribution in [3.8, 4) is 0 Å². The molecule has 0 atom stereocenters. The Morgan fingerprint density at radius 1 is 1.08 bits per heavy atom. The zero-order chi connectivity index (χ0) is 10.4. The maximum Gasteiger partial charge on any atom is -0.0140 e. The Labute approximate surface area is 79.5 Å². The third-order valence-electron chi connectivity index (χ3n) is 0.707. The van der Waals surface area contributed by atoms with E-state index in [0.717, 1.165) is 0 Å². The lowest BCUT2D eigenvalue weighted by atomic mass is 10.3. The first-order valence-electron chi connectivity index (χ1n) is 4.74. The van der Waals surface area contributed by atoms with Gasteiger partial charge in [-0.3, -0.25) is 0 Å². The van der Waals surface area contributed by atoms with E-state index in [4.69, 9.17) is 0 Å². The predicted molar refractivity (Wildman–Crippen MR) is 60.7 cm³/mol. The molecule has 76 valence electrons. The molecule has 0 aromatic carbocycles. The van der Waals surface area contributed by atoms with Crippen molar-refractivity contribution in [3.05, 3.63) is 12.7 Å². The van der Waals surface area contributed by atoms with Crippen LogP contribution in [0.15, 0.2) is 12.7 Å². The van der Waals surface area contributed by atoms with Gasteiger partial charge in [0, 0.05) is 0 Å². The van der Waals surface area contributed by atoms with Gasteiger partial charge in [0.2, 0.25) is 0 Å². The van der Waals surface area contributed by atoms with E-state index in [9.17, 15) is 0 Å². The quantitative estimate of drug-likeness (QED) is 0.577. The molecular weight excluding hydrogens is 146 g/mol. The van der Waals surface area contributed by atoms with Crippen molar-refractivity contribution >= 4 is 0 Å². The number of rotatable bonds is 2. The standard InChI is InChI=1S/C5H12.C3H9N.C3H6/c1-3-5-4-2;1-4(2)3;1-3-2/h3-5H2,1-2H3;1-3H3;3H,1H2,2H3. The lowest BCUT2D eigenvalue weighted by Crippen LogP contribution is -1.99. The van der Waals surface area contributed by atoms with Crippen molar-refractivity contribution in [2.24, 2.45) is 0 Å². The van der Waals surface area contributed by atoms with Crippen LogP contribution in [0.4, 0.5) is 0 Å². The number of allylic oxidation sites excluding steroid dienone is 1. The summed E-state index contributed by atoms with van der Waals surface area (Å²) in [6, 6.07) is 0. The van der Waals surface area contributed by atoms with E-state index in [1.807, 2.05) is 33.0 Å². The maximum absolute atomic E-state index is 3.36. The molecule has 0 amide bonds. The summed E-state index contributed by atoms with van der Waals surface area (Å²) in [5, 5.41) is 0. The molecule has 0 fully saturated rings. The first-order valence-corrected chi connectivity index (χ1v) is 4.74. The molecule has 1 nitrogen and oxygen atoms in total. The van der Waals surface area contributed by atoms with Crippen molar-refractivity contribution < 1.29 is 0 Å². The van der Waals surface area contributed by atoms with E-state index in [1.165, 1.54) is 19.3 Å². The SMILES string of the molecule is C=CC.CCCCC.CN(C)C. The lowest BCUT2D eigenvalue weighted by Gasteiger charge is -1.90. The first-order chi connectivity index (χ1) is 5.56. The Hall–Kier alpha value is -0.300. The fourth-order valence-electron chi connectivity index (χ4n) is 0.354. The molecule has 0 aliphatic carbocycles. The fourth-order valence-corrected chi connectivity index (χ4v) is 0.354. The van der Waals surface area contributed by atoms with Crippen LogP contribution in [0.25, 0.3) is 0 Å². The van der Waals surface area contributed by atoms with Gasteiger partial charge in [-0.25, -0.2) is 0 Å². The second-order valence-electron chi connectivity index (χ2n) is 3.10. The molecule has 0 heterocycles. The molecule has 0 N–H and O–H groups in total. The summed E-state index contributed by atoms with van der Waals surface area (Å²) in [5.74, 6) is 0. The van der Waals surface area contributed by atoms with Gasteiger partial charge in [0.25, 0.3) is 0 Å². The average Bonchev–Trinajstić information content (AvgIpc) is 1.89. The van der Waals surface area contributed by atoms with Gasteiger partial charge < -0.3 is 4.90 Å². The highest BCUT2D eigenvalue weighted by Crippen LogP contribution is 1.88. The minimum Gasteiger partial charge on any atom is -0.312 e. The van der Waals surface area contributed by atoms with Crippen molar-refractivity contribution in [2.45, 2.75) is 40.0 Å². The van der Waals surface area contributed by atoms with E-state index in [0.29, 0.717) is 0 Å². The molecule has 0 aliphatic heterocycles. The van der Waals surface area contributed by atoms with Gasteiger partial charge in [0.15, 0.2) is 0 Å². The van der Waals surface area contributed by atoms with Crippen molar-refractivity contribution in [1.82, 2.24) is 4.90 Å². The number of nitrogens with zero attached hydrogens (tertiary/aromatic N) is 1. The molecule has 0 unspecified atom stereocenters. The van der Waals surface area contributed by atoms with Crippen molar-refractivity contribution in [3.63, 3.8) is 0 Å². The minimum absolute atomic E-state index is 1.34. The predicted octanol–water partition coefficient (Wildman–Crippen LogP) is 3.57. The van der Waals surface area contributed by atoms with Crippen LogP contribution >= 0.6 is 0 Å². The molecule has 0 aromatic heterocycles. The Kier molecular flexibility index (Phi) is 33.1. The second kappa shape index (κ2) is 22.4. The van der Waals surface area contributed by atoms with Crippen LogP contribution in [-0.4, -0.2) is 26.0 Å². The molecule has 0 bridgehead atoms. The van der Waals surface area contributed by atoms with Crippen molar-refractivity contribution in [2.75, 3.05) is 21.1 Å². The van der Waals surface area contributed by atoms with Crippen LogP contribution in [-0.2, 0) is 0 Å². The summed E-state index contributed by atoms with van der Waals surface area (Å²) in [4.78, 5) is 2.00. The highest BCUT2D eigenvalue weighted by Gasteiger charge is 1.68. The van der Waals surface area contributed by atoms with Crippen LogP contribution in [0.3, 0.4) is 0 Å². The van der Waals surface area contributed by atoms with Gasteiger partial charge in [-0.15, -0.1) is 6.58 Å². The maximum atomic E-state index is 3.36. The second-order valence-corrected chi connectivity index (χ2v) is 3.10. The Balaban J connectivity index is -0.000000105. The van der Waals surface area contributed by atoms with E-state index >= 15 is 0 Å². The van der Waals surface area contributed by atoms with Gasteiger partial charge in [-0.2, -0.15) is 0 Å².